The topological polar surface area (TPSA) is 100 Å². The molecule has 7 nitrogen and oxygen atoms in total. The Hall–Kier alpha value is -3.53. The maximum absolute atomic E-state index is 12.0. The van der Waals surface area contributed by atoms with Gasteiger partial charge in [0.15, 0.2) is 11.5 Å². The van der Waals surface area contributed by atoms with E-state index in [4.69, 9.17) is 14.7 Å². The van der Waals surface area contributed by atoms with Crippen molar-refractivity contribution >= 4 is 23.2 Å². The smallest absolute Gasteiger partial charge is 0.233 e. The van der Waals surface area contributed by atoms with Gasteiger partial charge in [0.05, 0.1) is 11.3 Å². The minimum Gasteiger partial charge on any atom is -0.486 e. The van der Waals surface area contributed by atoms with E-state index in [9.17, 15) is 9.59 Å². The average molecular weight is 337 g/mol. The molecule has 0 radical (unpaired) electrons. The van der Waals surface area contributed by atoms with Gasteiger partial charge in [-0.2, -0.15) is 5.26 Å². The summed E-state index contributed by atoms with van der Waals surface area (Å²) in [4.78, 5) is 24.0. The van der Waals surface area contributed by atoms with Gasteiger partial charge in [-0.3, -0.25) is 9.59 Å². The predicted octanol–water partition coefficient (Wildman–Crippen LogP) is 2.30. The van der Waals surface area contributed by atoms with E-state index in [0.717, 1.165) is 0 Å². The maximum atomic E-state index is 12.0. The Morgan fingerprint density at radius 3 is 2.52 bits per heavy atom. The van der Waals surface area contributed by atoms with E-state index in [1.807, 2.05) is 6.07 Å². The summed E-state index contributed by atoms with van der Waals surface area (Å²) in [6, 6.07) is 13.6. The molecule has 0 spiro atoms. The van der Waals surface area contributed by atoms with Crippen molar-refractivity contribution in [3.8, 4) is 17.6 Å². The van der Waals surface area contributed by atoms with Gasteiger partial charge in [-0.15, -0.1) is 0 Å². The van der Waals surface area contributed by atoms with Crippen LogP contribution in [0.15, 0.2) is 42.5 Å². The van der Waals surface area contributed by atoms with Crippen LogP contribution >= 0.6 is 0 Å². The summed E-state index contributed by atoms with van der Waals surface area (Å²) in [5.74, 6) is 0.202. The second kappa shape index (κ2) is 7.36. The molecule has 2 N–H and O–H groups in total. The number of ether oxygens (including phenoxy) is 2. The summed E-state index contributed by atoms with van der Waals surface area (Å²) in [7, 11) is 0. The summed E-state index contributed by atoms with van der Waals surface area (Å²) < 4.78 is 10.9. The Labute approximate surface area is 144 Å². The quantitative estimate of drug-likeness (QED) is 0.834. The Kier molecular flexibility index (Phi) is 4.81. The number of nitrogens with zero attached hydrogens (tertiary/aromatic N) is 1. The molecular formula is C18H15N3O4. The van der Waals surface area contributed by atoms with Gasteiger partial charge in [-0.25, -0.2) is 0 Å². The highest BCUT2D eigenvalue weighted by Crippen LogP contribution is 2.32. The molecule has 0 aromatic heterocycles. The first-order chi connectivity index (χ1) is 12.2. The largest absolute Gasteiger partial charge is 0.486 e. The Morgan fingerprint density at radius 2 is 1.72 bits per heavy atom. The molecule has 0 unspecified atom stereocenters. The van der Waals surface area contributed by atoms with Crippen molar-refractivity contribution in [2.45, 2.75) is 6.42 Å². The monoisotopic (exact) mass is 337 g/mol. The number of carbonyl (C=O) groups is 2. The van der Waals surface area contributed by atoms with Crippen molar-refractivity contribution in [3.63, 3.8) is 0 Å². The van der Waals surface area contributed by atoms with Crippen LogP contribution < -0.4 is 20.1 Å². The number of benzene rings is 2. The van der Waals surface area contributed by atoms with E-state index in [1.54, 1.807) is 42.5 Å². The van der Waals surface area contributed by atoms with Crippen LogP contribution in [0, 0.1) is 11.3 Å². The van der Waals surface area contributed by atoms with Crippen LogP contribution in [0.2, 0.25) is 0 Å². The van der Waals surface area contributed by atoms with Crippen molar-refractivity contribution in [1.82, 2.24) is 0 Å². The summed E-state index contributed by atoms with van der Waals surface area (Å²) in [6.45, 7) is 0.939. The fourth-order valence-electron chi connectivity index (χ4n) is 2.36. The van der Waals surface area contributed by atoms with Crippen LogP contribution in [0.4, 0.5) is 11.4 Å². The average Bonchev–Trinajstić information content (AvgIpc) is 2.62. The fourth-order valence-corrected chi connectivity index (χ4v) is 2.36. The van der Waals surface area contributed by atoms with Crippen molar-refractivity contribution in [2.75, 3.05) is 23.8 Å². The molecule has 2 aromatic carbocycles. The first-order valence-corrected chi connectivity index (χ1v) is 7.64. The molecule has 2 aromatic rings. The third-order valence-electron chi connectivity index (χ3n) is 3.47. The van der Waals surface area contributed by atoms with Crippen molar-refractivity contribution in [1.29, 1.82) is 5.26 Å². The molecule has 0 fully saturated rings. The molecule has 0 atom stereocenters. The zero-order chi connectivity index (χ0) is 17.6. The fraction of sp³-hybridized carbons (Fsp3) is 0.167. The van der Waals surface area contributed by atoms with Gasteiger partial charge in [0.1, 0.15) is 25.7 Å². The standard InChI is InChI=1S/C18H15N3O4/c19-11-12-3-1-2-4-14(12)21-18(23)10-17(22)20-13-5-6-15-16(9-13)25-8-7-24-15/h1-6,9H,7-8,10H2,(H,20,22)(H,21,23). The van der Waals surface area contributed by atoms with Gasteiger partial charge in [0.2, 0.25) is 11.8 Å². The molecule has 7 heteroatoms. The van der Waals surface area contributed by atoms with Crippen LogP contribution in [0.5, 0.6) is 11.5 Å². The van der Waals surface area contributed by atoms with E-state index in [-0.39, 0.29) is 6.42 Å². The summed E-state index contributed by atoms with van der Waals surface area (Å²) >= 11 is 0. The van der Waals surface area contributed by atoms with Gasteiger partial charge in [0, 0.05) is 11.8 Å². The molecule has 2 amide bonds. The number of hydrogen-bond donors (Lipinski definition) is 2. The third-order valence-corrected chi connectivity index (χ3v) is 3.47. The van der Waals surface area contributed by atoms with Gasteiger partial charge in [0.25, 0.3) is 0 Å². The number of para-hydroxylation sites is 1. The van der Waals surface area contributed by atoms with Gasteiger partial charge in [-0.1, -0.05) is 12.1 Å². The summed E-state index contributed by atoms with van der Waals surface area (Å²) in [6.07, 6.45) is -0.367. The Morgan fingerprint density at radius 1 is 1.00 bits per heavy atom. The molecule has 0 bridgehead atoms. The van der Waals surface area contributed by atoms with Gasteiger partial charge < -0.3 is 20.1 Å². The molecule has 0 aliphatic carbocycles. The third kappa shape index (κ3) is 4.06. The van der Waals surface area contributed by atoms with Crippen LogP contribution in [-0.2, 0) is 9.59 Å². The number of amides is 2. The number of nitrogens with one attached hydrogen (secondary N) is 2. The number of carbonyl (C=O) groups excluding carboxylic acids is 2. The molecule has 1 heterocycles. The minimum absolute atomic E-state index is 0.336. The Balaban J connectivity index is 1.59. The van der Waals surface area contributed by atoms with Crippen molar-refractivity contribution < 1.29 is 19.1 Å². The zero-order valence-electron chi connectivity index (χ0n) is 13.2. The molecule has 0 saturated carbocycles. The van der Waals surface area contributed by atoms with Gasteiger partial charge in [-0.05, 0) is 24.3 Å². The molecule has 126 valence electrons. The first-order valence-electron chi connectivity index (χ1n) is 7.64. The summed E-state index contributed by atoms with van der Waals surface area (Å²) in [5, 5.41) is 14.2. The normalized spacial score (nSPS) is 12.0. The van der Waals surface area contributed by atoms with Crippen LogP contribution in [-0.4, -0.2) is 25.0 Å². The lowest BCUT2D eigenvalue weighted by Gasteiger charge is -2.19. The van der Waals surface area contributed by atoms with E-state index in [2.05, 4.69) is 10.6 Å². The SMILES string of the molecule is N#Cc1ccccc1NC(=O)CC(=O)Nc1ccc2c(c1)OCCO2. The molecule has 1 aliphatic rings. The molecule has 1 aliphatic heterocycles. The molecule has 3 rings (SSSR count). The number of anilines is 2. The number of nitriles is 1. The lowest BCUT2D eigenvalue weighted by molar-refractivity contribution is -0.123. The summed E-state index contributed by atoms with van der Waals surface area (Å²) in [5.41, 5.74) is 1.23. The van der Waals surface area contributed by atoms with E-state index in [1.165, 1.54) is 0 Å². The molecule has 0 saturated heterocycles. The number of fused-ring (bicyclic) bond motifs is 1. The lowest BCUT2D eigenvalue weighted by Crippen LogP contribution is -2.22. The van der Waals surface area contributed by atoms with E-state index in [0.29, 0.717) is 41.7 Å². The number of rotatable bonds is 4. The highest BCUT2D eigenvalue weighted by molar-refractivity contribution is 6.08. The first kappa shape index (κ1) is 16.3. The predicted molar refractivity (Wildman–Crippen MR) is 90.5 cm³/mol. The highest BCUT2D eigenvalue weighted by Gasteiger charge is 2.15. The molecular weight excluding hydrogens is 322 g/mol. The van der Waals surface area contributed by atoms with Crippen LogP contribution in [0.25, 0.3) is 0 Å². The second-order valence-corrected chi connectivity index (χ2v) is 5.29. The lowest BCUT2D eigenvalue weighted by atomic mass is 10.2. The zero-order valence-corrected chi connectivity index (χ0v) is 13.2. The van der Waals surface area contributed by atoms with Gasteiger partial charge >= 0.3 is 0 Å². The van der Waals surface area contributed by atoms with Crippen molar-refractivity contribution in [3.05, 3.63) is 48.0 Å². The van der Waals surface area contributed by atoms with Crippen LogP contribution in [0.1, 0.15) is 12.0 Å². The molecule has 25 heavy (non-hydrogen) atoms. The van der Waals surface area contributed by atoms with Crippen molar-refractivity contribution in [2.24, 2.45) is 0 Å². The van der Waals surface area contributed by atoms with Crippen LogP contribution in [0.3, 0.4) is 0 Å². The number of hydrogen-bond acceptors (Lipinski definition) is 5. The minimum atomic E-state index is -0.502. The maximum Gasteiger partial charge on any atom is 0.233 e. The van der Waals surface area contributed by atoms with E-state index >= 15 is 0 Å². The highest BCUT2D eigenvalue weighted by atomic mass is 16.6. The van der Waals surface area contributed by atoms with E-state index < -0.39 is 11.8 Å². The second-order valence-electron chi connectivity index (χ2n) is 5.29. The Bertz CT molecular complexity index is 858.